The molecule has 2 rings (SSSR count). The lowest BCUT2D eigenvalue weighted by molar-refractivity contribution is 0.486. The zero-order valence-electron chi connectivity index (χ0n) is 10.0. The number of rotatable bonds is 6. The highest BCUT2D eigenvalue weighted by Crippen LogP contribution is 2.40. The molecular formula is C15H21N. The Morgan fingerprint density at radius 2 is 2.06 bits per heavy atom. The Labute approximate surface area is 98.6 Å². The van der Waals surface area contributed by atoms with Gasteiger partial charge in [0.25, 0.3) is 0 Å². The maximum absolute atomic E-state index is 3.68. The fraction of sp³-hybridized carbons (Fsp3) is 0.467. The van der Waals surface area contributed by atoms with Crippen LogP contribution in [0.5, 0.6) is 0 Å². The molecule has 1 atom stereocenters. The van der Waals surface area contributed by atoms with E-state index in [9.17, 15) is 0 Å². The molecule has 1 saturated carbocycles. The SMILES string of the molecule is C/C=C/CCNC(c1ccccc1)C1CC1. The van der Waals surface area contributed by atoms with Crippen molar-refractivity contribution in [2.75, 3.05) is 6.54 Å². The summed E-state index contributed by atoms with van der Waals surface area (Å²) in [7, 11) is 0. The standard InChI is InChI=1S/C15H21N/c1-2-3-7-12-16-15(14-10-11-14)13-8-5-4-6-9-13/h2-6,8-9,14-16H,7,10-12H2,1H3/b3-2+. The second-order valence-corrected chi connectivity index (χ2v) is 4.54. The molecule has 0 heterocycles. The Hall–Kier alpha value is -1.08. The lowest BCUT2D eigenvalue weighted by Gasteiger charge is -2.18. The van der Waals surface area contributed by atoms with E-state index in [0.29, 0.717) is 6.04 Å². The highest BCUT2D eigenvalue weighted by Gasteiger charge is 2.31. The Balaban J connectivity index is 1.90. The lowest BCUT2D eigenvalue weighted by atomic mass is 10.0. The van der Waals surface area contributed by atoms with Crippen molar-refractivity contribution in [3.05, 3.63) is 48.0 Å². The van der Waals surface area contributed by atoms with Crippen LogP contribution in [0.4, 0.5) is 0 Å². The molecule has 1 fully saturated rings. The molecule has 1 heteroatoms. The fourth-order valence-corrected chi connectivity index (χ4v) is 2.14. The van der Waals surface area contributed by atoms with E-state index in [0.717, 1.165) is 18.9 Å². The van der Waals surface area contributed by atoms with Crippen LogP contribution in [0.2, 0.25) is 0 Å². The van der Waals surface area contributed by atoms with E-state index in [1.165, 1.54) is 18.4 Å². The van der Waals surface area contributed by atoms with Crippen LogP contribution < -0.4 is 5.32 Å². The summed E-state index contributed by atoms with van der Waals surface area (Å²) < 4.78 is 0. The Morgan fingerprint density at radius 3 is 2.69 bits per heavy atom. The molecule has 0 amide bonds. The normalized spacial score (nSPS) is 17.8. The molecule has 1 nitrogen and oxygen atoms in total. The predicted octanol–water partition coefficient (Wildman–Crippen LogP) is 3.69. The van der Waals surface area contributed by atoms with Crippen molar-refractivity contribution in [2.45, 2.75) is 32.2 Å². The van der Waals surface area contributed by atoms with E-state index in [1.54, 1.807) is 0 Å². The van der Waals surface area contributed by atoms with E-state index in [4.69, 9.17) is 0 Å². The van der Waals surface area contributed by atoms with Gasteiger partial charge in [-0.15, -0.1) is 0 Å². The van der Waals surface area contributed by atoms with Crippen LogP contribution in [0.15, 0.2) is 42.5 Å². The van der Waals surface area contributed by atoms with E-state index < -0.39 is 0 Å². The van der Waals surface area contributed by atoms with E-state index >= 15 is 0 Å². The van der Waals surface area contributed by atoms with Gasteiger partial charge < -0.3 is 5.32 Å². The smallest absolute Gasteiger partial charge is 0.0348 e. The van der Waals surface area contributed by atoms with Gasteiger partial charge in [-0.1, -0.05) is 42.5 Å². The largest absolute Gasteiger partial charge is 0.309 e. The van der Waals surface area contributed by atoms with E-state index in [-0.39, 0.29) is 0 Å². The summed E-state index contributed by atoms with van der Waals surface area (Å²) in [6, 6.07) is 11.4. The topological polar surface area (TPSA) is 12.0 Å². The van der Waals surface area contributed by atoms with Crippen molar-refractivity contribution in [3.63, 3.8) is 0 Å². The molecule has 1 aliphatic carbocycles. The zero-order chi connectivity index (χ0) is 11.2. The summed E-state index contributed by atoms with van der Waals surface area (Å²) in [5.74, 6) is 0.869. The number of benzene rings is 1. The molecule has 1 aliphatic rings. The monoisotopic (exact) mass is 215 g/mol. The molecule has 0 bridgehead atoms. The first-order chi connectivity index (χ1) is 7.92. The van der Waals surface area contributed by atoms with Gasteiger partial charge >= 0.3 is 0 Å². The quantitative estimate of drug-likeness (QED) is 0.563. The maximum Gasteiger partial charge on any atom is 0.0348 e. The van der Waals surface area contributed by atoms with Crippen molar-refractivity contribution in [1.29, 1.82) is 0 Å². The molecule has 1 unspecified atom stereocenters. The highest BCUT2D eigenvalue weighted by atomic mass is 14.9. The number of allylic oxidation sites excluding steroid dienone is 1. The van der Waals surface area contributed by atoms with Crippen molar-refractivity contribution in [2.24, 2.45) is 5.92 Å². The first-order valence-electron chi connectivity index (χ1n) is 6.31. The second-order valence-electron chi connectivity index (χ2n) is 4.54. The predicted molar refractivity (Wildman–Crippen MR) is 69.3 cm³/mol. The van der Waals surface area contributed by atoms with Gasteiger partial charge in [0.1, 0.15) is 0 Å². The summed E-state index contributed by atoms with van der Waals surface area (Å²) in [6.07, 6.45) is 8.25. The van der Waals surface area contributed by atoms with Gasteiger partial charge in [0, 0.05) is 6.04 Å². The molecule has 0 aromatic heterocycles. The minimum absolute atomic E-state index is 0.575. The van der Waals surface area contributed by atoms with Gasteiger partial charge in [0.2, 0.25) is 0 Å². The van der Waals surface area contributed by atoms with Crippen molar-refractivity contribution < 1.29 is 0 Å². The third kappa shape index (κ3) is 3.21. The summed E-state index contributed by atoms with van der Waals surface area (Å²) in [6.45, 7) is 3.16. The summed E-state index contributed by atoms with van der Waals surface area (Å²) in [4.78, 5) is 0. The Morgan fingerprint density at radius 1 is 1.31 bits per heavy atom. The Kier molecular flexibility index (Phi) is 4.17. The van der Waals surface area contributed by atoms with Crippen LogP contribution in [-0.2, 0) is 0 Å². The molecule has 16 heavy (non-hydrogen) atoms. The number of hydrogen-bond donors (Lipinski definition) is 1. The zero-order valence-corrected chi connectivity index (χ0v) is 10.0. The molecule has 1 N–H and O–H groups in total. The van der Waals surface area contributed by atoms with Gasteiger partial charge in [-0.25, -0.2) is 0 Å². The first kappa shape index (κ1) is 11.4. The van der Waals surface area contributed by atoms with Crippen LogP contribution >= 0.6 is 0 Å². The van der Waals surface area contributed by atoms with Crippen LogP contribution in [0.3, 0.4) is 0 Å². The highest BCUT2D eigenvalue weighted by molar-refractivity contribution is 5.21. The fourth-order valence-electron chi connectivity index (χ4n) is 2.14. The van der Waals surface area contributed by atoms with Gasteiger partial charge in [-0.05, 0) is 44.2 Å². The molecule has 1 aromatic carbocycles. The molecule has 0 spiro atoms. The second kappa shape index (κ2) is 5.86. The van der Waals surface area contributed by atoms with E-state index in [2.05, 4.69) is 54.7 Å². The third-order valence-electron chi connectivity index (χ3n) is 3.16. The molecule has 0 aliphatic heterocycles. The van der Waals surface area contributed by atoms with Gasteiger partial charge in [0.05, 0.1) is 0 Å². The minimum Gasteiger partial charge on any atom is -0.309 e. The molecule has 1 aromatic rings. The molecule has 0 saturated heterocycles. The average Bonchev–Trinajstić information content (AvgIpc) is 3.15. The number of hydrogen-bond acceptors (Lipinski definition) is 1. The summed E-state index contributed by atoms with van der Waals surface area (Å²) in [5, 5.41) is 3.68. The molecule has 0 radical (unpaired) electrons. The first-order valence-corrected chi connectivity index (χ1v) is 6.31. The third-order valence-corrected chi connectivity index (χ3v) is 3.16. The van der Waals surface area contributed by atoms with Crippen LogP contribution in [0, 0.1) is 5.92 Å². The van der Waals surface area contributed by atoms with Gasteiger partial charge in [0.15, 0.2) is 0 Å². The maximum atomic E-state index is 3.68. The van der Waals surface area contributed by atoms with Crippen molar-refractivity contribution >= 4 is 0 Å². The lowest BCUT2D eigenvalue weighted by Crippen LogP contribution is -2.23. The summed E-state index contributed by atoms with van der Waals surface area (Å²) >= 11 is 0. The van der Waals surface area contributed by atoms with Gasteiger partial charge in [-0.3, -0.25) is 0 Å². The molecular weight excluding hydrogens is 194 g/mol. The van der Waals surface area contributed by atoms with Crippen LogP contribution in [-0.4, -0.2) is 6.54 Å². The van der Waals surface area contributed by atoms with Crippen LogP contribution in [0.1, 0.15) is 37.8 Å². The average molecular weight is 215 g/mol. The Bertz CT molecular complexity index is 325. The molecule has 86 valence electrons. The summed E-state index contributed by atoms with van der Waals surface area (Å²) in [5.41, 5.74) is 1.45. The van der Waals surface area contributed by atoms with Crippen molar-refractivity contribution in [1.82, 2.24) is 5.32 Å². The van der Waals surface area contributed by atoms with Crippen molar-refractivity contribution in [3.8, 4) is 0 Å². The van der Waals surface area contributed by atoms with Crippen LogP contribution in [0.25, 0.3) is 0 Å². The number of nitrogens with one attached hydrogen (secondary N) is 1. The van der Waals surface area contributed by atoms with E-state index in [1.807, 2.05) is 0 Å². The minimum atomic E-state index is 0.575. The van der Waals surface area contributed by atoms with Gasteiger partial charge in [-0.2, -0.15) is 0 Å².